The van der Waals surface area contributed by atoms with Crippen molar-refractivity contribution in [3.63, 3.8) is 0 Å². The summed E-state index contributed by atoms with van der Waals surface area (Å²) >= 11 is 9.06. The Hall–Kier alpha value is -1.64. The van der Waals surface area contributed by atoms with Gasteiger partial charge in [0.05, 0.1) is 15.7 Å². The van der Waals surface area contributed by atoms with Crippen LogP contribution in [-0.4, -0.2) is 9.97 Å². The number of rotatable bonds is 2. The van der Waals surface area contributed by atoms with Crippen LogP contribution in [0.15, 0.2) is 28.9 Å². The van der Waals surface area contributed by atoms with Crippen LogP contribution in [0.25, 0.3) is 0 Å². The highest BCUT2D eigenvalue weighted by Gasteiger charge is 2.09. The molecule has 0 saturated heterocycles. The van der Waals surface area contributed by atoms with E-state index in [1.165, 1.54) is 0 Å². The van der Waals surface area contributed by atoms with Crippen molar-refractivity contribution in [1.29, 1.82) is 5.26 Å². The number of nitrogens with zero attached hydrogens (tertiary/aromatic N) is 3. The molecule has 0 spiro atoms. The van der Waals surface area contributed by atoms with E-state index in [1.54, 1.807) is 6.20 Å². The largest absolute Gasteiger partial charge is 0.338 e. The molecular formula is C12H8BrClN4. The number of nitrogens with one attached hydrogen (secondary N) is 1. The van der Waals surface area contributed by atoms with Crippen LogP contribution in [0.3, 0.4) is 0 Å². The lowest BCUT2D eigenvalue weighted by Crippen LogP contribution is -1.99. The van der Waals surface area contributed by atoms with Crippen LogP contribution < -0.4 is 5.32 Å². The molecule has 0 radical (unpaired) electrons. The van der Waals surface area contributed by atoms with E-state index >= 15 is 0 Å². The highest BCUT2D eigenvalue weighted by Crippen LogP contribution is 2.27. The first-order valence-electron chi connectivity index (χ1n) is 5.06. The Balaban J connectivity index is 2.44. The summed E-state index contributed by atoms with van der Waals surface area (Å²) in [7, 11) is 0. The second kappa shape index (κ2) is 5.34. The molecule has 90 valence electrons. The van der Waals surface area contributed by atoms with Gasteiger partial charge in [0.1, 0.15) is 11.9 Å². The third kappa shape index (κ3) is 2.61. The minimum Gasteiger partial charge on any atom is -0.338 e. The SMILES string of the molecule is Cc1cccc(Nc2nc(Cl)ncc2Br)c1C#N. The van der Waals surface area contributed by atoms with Crippen LogP contribution >= 0.6 is 27.5 Å². The molecule has 1 N–H and O–H groups in total. The first kappa shape index (κ1) is 12.8. The van der Waals surface area contributed by atoms with Crippen molar-refractivity contribution in [1.82, 2.24) is 9.97 Å². The fourth-order valence-electron chi connectivity index (χ4n) is 1.48. The Morgan fingerprint density at radius 3 is 2.94 bits per heavy atom. The molecule has 0 saturated carbocycles. The molecule has 0 bridgehead atoms. The van der Waals surface area contributed by atoms with Crippen LogP contribution in [0.2, 0.25) is 5.28 Å². The molecule has 0 atom stereocenters. The van der Waals surface area contributed by atoms with Gasteiger partial charge in [-0.1, -0.05) is 12.1 Å². The maximum atomic E-state index is 9.14. The first-order chi connectivity index (χ1) is 8.61. The van der Waals surface area contributed by atoms with E-state index in [2.05, 4.69) is 37.3 Å². The van der Waals surface area contributed by atoms with Crippen LogP contribution in [0.1, 0.15) is 11.1 Å². The van der Waals surface area contributed by atoms with Gasteiger partial charge < -0.3 is 5.32 Å². The third-order valence-electron chi connectivity index (χ3n) is 2.35. The van der Waals surface area contributed by atoms with E-state index in [4.69, 9.17) is 16.9 Å². The molecule has 0 fully saturated rings. The summed E-state index contributed by atoms with van der Waals surface area (Å²) in [5.74, 6) is 0.525. The van der Waals surface area contributed by atoms with E-state index in [9.17, 15) is 0 Å². The van der Waals surface area contributed by atoms with Crippen molar-refractivity contribution in [2.24, 2.45) is 0 Å². The summed E-state index contributed by atoms with van der Waals surface area (Å²) < 4.78 is 0.678. The summed E-state index contributed by atoms with van der Waals surface area (Å²) in [5.41, 5.74) is 2.17. The third-order valence-corrected chi connectivity index (χ3v) is 3.11. The van der Waals surface area contributed by atoms with Gasteiger partial charge in [-0.2, -0.15) is 10.2 Å². The van der Waals surface area contributed by atoms with E-state index in [-0.39, 0.29) is 5.28 Å². The van der Waals surface area contributed by atoms with Crippen LogP contribution in [0.4, 0.5) is 11.5 Å². The van der Waals surface area contributed by atoms with Crippen molar-refractivity contribution in [2.75, 3.05) is 5.32 Å². The van der Waals surface area contributed by atoms with Gasteiger partial charge in [-0.3, -0.25) is 0 Å². The number of hydrogen-bond acceptors (Lipinski definition) is 4. The van der Waals surface area contributed by atoms with Gasteiger partial charge in [0.25, 0.3) is 0 Å². The lowest BCUT2D eigenvalue weighted by atomic mass is 10.1. The molecular weight excluding hydrogens is 316 g/mol. The molecule has 2 rings (SSSR count). The molecule has 0 aliphatic carbocycles. The predicted molar refractivity (Wildman–Crippen MR) is 73.9 cm³/mol. The standard InChI is InChI=1S/C12H8BrClN4/c1-7-3-2-4-10(8(7)5-15)17-11-9(13)6-16-12(14)18-11/h2-4,6H,1H3,(H,16,17,18). The van der Waals surface area contributed by atoms with Crippen molar-refractivity contribution in [3.8, 4) is 6.07 Å². The van der Waals surface area contributed by atoms with Crippen LogP contribution in [0.5, 0.6) is 0 Å². The molecule has 18 heavy (non-hydrogen) atoms. The van der Waals surface area contributed by atoms with Gasteiger partial charge in [0.2, 0.25) is 5.28 Å². The minimum atomic E-state index is 0.145. The molecule has 0 unspecified atom stereocenters. The van der Waals surface area contributed by atoms with Crippen molar-refractivity contribution in [3.05, 3.63) is 45.3 Å². The smallest absolute Gasteiger partial charge is 0.224 e. The van der Waals surface area contributed by atoms with Crippen LogP contribution in [-0.2, 0) is 0 Å². The van der Waals surface area contributed by atoms with E-state index in [1.807, 2.05) is 25.1 Å². The van der Waals surface area contributed by atoms with Gasteiger partial charge in [0.15, 0.2) is 0 Å². The van der Waals surface area contributed by atoms with Crippen molar-refractivity contribution in [2.45, 2.75) is 6.92 Å². The molecule has 0 aliphatic rings. The molecule has 1 heterocycles. The van der Waals surface area contributed by atoms with Gasteiger partial charge in [0, 0.05) is 6.20 Å². The molecule has 4 nitrogen and oxygen atoms in total. The lowest BCUT2D eigenvalue weighted by molar-refractivity contribution is 1.15. The summed E-state index contributed by atoms with van der Waals surface area (Å²) in [6.07, 6.45) is 1.56. The lowest BCUT2D eigenvalue weighted by Gasteiger charge is -2.10. The van der Waals surface area contributed by atoms with E-state index in [0.29, 0.717) is 21.5 Å². The minimum absolute atomic E-state index is 0.145. The first-order valence-corrected chi connectivity index (χ1v) is 6.23. The van der Waals surface area contributed by atoms with Crippen LogP contribution in [0, 0.1) is 18.3 Å². The fraction of sp³-hybridized carbons (Fsp3) is 0.0833. The second-order valence-electron chi connectivity index (χ2n) is 3.57. The number of halogens is 2. The predicted octanol–water partition coefficient (Wildman–Crippen LogP) is 3.82. The average molecular weight is 324 g/mol. The topological polar surface area (TPSA) is 61.6 Å². The van der Waals surface area contributed by atoms with Gasteiger partial charge in [-0.05, 0) is 46.1 Å². The van der Waals surface area contributed by atoms with Gasteiger partial charge in [-0.25, -0.2) is 4.98 Å². The zero-order valence-corrected chi connectivity index (χ0v) is 11.7. The quantitative estimate of drug-likeness (QED) is 0.854. The van der Waals surface area contributed by atoms with Crippen molar-refractivity contribution >= 4 is 39.0 Å². The molecule has 0 amide bonds. The number of aromatic nitrogens is 2. The highest BCUT2D eigenvalue weighted by atomic mass is 79.9. The maximum Gasteiger partial charge on any atom is 0.224 e. The molecule has 0 aliphatic heterocycles. The maximum absolute atomic E-state index is 9.14. The normalized spacial score (nSPS) is 9.89. The Labute approximate surface area is 118 Å². The Kier molecular flexibility index (Phi) is 3.80. The van der Waals surface area contributed by atoms with Gasteiger partial charge in [-0.15, -0.1) is 0 Å². The van der Waals surface area contributed by atoms with E-state index in [0.717, 1.165) is 5.56 Å². The van der Waals surface area contributed by atoms with Crippen molar-refractivity contribution < 1.29 is 0 Å². The Morgan fingerprint density at radius 1 is 1.44 bits per heavy atom. The molecule has 6 heteroatoms. The number of nitriles is 1. The molecule has 1 aromatic carbocycles. The second-order valence-corrected chi connectivity index (χ2v) is 4.76. The van der Waals surface area contributed by atoms with E-state index < -0.39 is 0 Å². The molecule has 1 aromatic heterocycles. The summed E-state index contributed by atoms with van der Waals surface area (Å²) in [6, 6.07) is 7.73. The number of benzene rings is 1. The number of anilines is 2. The van der Waals surface area contributed by atoms with Gasteiger partial charge >= 0.3 is 0 Å². The number of aryl methyl sites for hydroxylation is 1. The zero-order valence-electron chi connectivity index (χ0n) is 9.41. The monoisotopic (exact) mass is 322 g/mol. The summed E-state index contributed by atoms with van der Waals surface area (Å²) in [4.78, 5) is 7.90. The fourth-order valence-corrected chi connectivity index (χ4v) is 1.90. The highest BCUT2D eigenvalue weighted by molar-refractivity contribution is 9.10. The summed E-state index contributed by atoms with van der Waals surface area (Å²) in [6.45, 7) is 1.88. The summed E-state index contributed by atoms with van der Waals surface area (Å²) in [5, 5.41) is 12.4. The number of hydrogen-bond donors (Lipinski definition) is 1. The Morgan fingerprint density at radius 2 is 2.22 bits per heavy atom. The zero-order chi connectivity index (χ0) is 13.1. The molecule has 2 aromatic rings. The average Bonchev–Trinajstić information content (AvgIpc) is 2.34. The Bertz CT molecular complexity index is 636.